The molecule has 78 valence electrons. The van der Waals surface area contributed by atoms with Crippen LogP contribution in [0.25, 0.3) is 0 Å². The highest BCUT2D eigenvalue weighted by Gasteiger charge is 2.60. The summed E-state index contributed by atoms with van der Waals surface area (Å²) >= 11 is 0. The van der Waals surface area contributed by atoms with Crippen molar-refractivity contribution < 1.29 is 28.2 Å². The van der Waals surface area contributed by atoms with E-state index in [0.717, 1.165) is 0 Å². The molecule has 0 rings (SSSR count). The fraction of sp³-hybridized carbons (Fsp3) is 0.857. The summed E-state index contributed by atoms with van der Waals surface area (Å²) in [5, 5.41) is 17.1. The average molecular weight is 200 g/mol. The maximum absolute atomic E-state index is 11.9. The molecule has 0 saturated heterocycles. The molecule has 3 nitrogen and oxygen atoms in total. The molecule has 0 spiro atoms. The Hall–Kier alpha value is -0.620. The Morgan fingerprint density at radius 3 is 1.46 bits per heavy atom. The van der Waals surface area contributed by atoms with Gasteiger partial charge in [-0.15, -0.1) is 0 Å². The zero-order chi connectivity index (χ0) is 11.1. The largest absolute Gasteiger partial charge is 0.451 e. The van der Waals surface area contributed by atoms with Crippen molar-refractivity contribution in [2.45, 2.75) is 32.7 Å². The Labute approximate surface area is 73.2 Å². The first kappa shape index (κ1) is 12.4. The van der Waals surface area contributed by atoms with Crippen LogP contribution in [-0.4, -0.2) is 28.0 Å². The fourth-order valence-electron chi connectivity index (χ4n) is 0.652. The monoisotopic (exact) mass is 200 g/mol. The Kier molecular flexibility index (Phi) is 2.81. The fourth-order valence-corrected chi connectivity index (χ4v) is 0.652. The molecule has 6 heteroatoms. The molecule has 0 aromatic carbocycles. The Bertz CT molecular complexity index is 212. The molecule has 0 atom stereocenters. The molecule has 0 aliphatic rings. The quantitative estimate of drug-likeness (QED) is 0.617. The number of ketones is 1. The van der Waals surface area contributed by atoms with Crippen LogP contribution in [0.4, 0.5) is 13.2 Å². The summed E-state index contributed by atoms with van der Waals surface area (Å²) in [6, 6.07) is 0. The van der Waals surface area contributed by atoms with Crippen molar-refractivity contribution >= 4 is 5.78 Å². The summed E-state index contributed by atoms with van der Waals surface area (Å²) in [5.41, 5.74) is -1.46. The first-order valence-electron chi connectivity index (χ1n) is 3.47. The molecule has 0 aliphatic heterocycles. The van der Waals surface area contributed by atoms with Gasteiger partial charge in [-0.3, -0.25) is 4.79 Å². The topological polar surface area (TPSA) is 57.5 Å². The van der Waals surface area contributed by atoms with Crippen LogP contribution in [-0.2, 0) is 4.79 Å². The van der Waals surface area contributed by atoms with Crippen molar-refractivity contribution in [3.05, 3.63) is 0 Å². The van der Waals surface area contributed by atoms with E-state index in [1.54, 1.807) is 0 Å². The molecule has 0 aromatic heterocycles. The van der Waals surface area contributed by atoms with Crippen LogP contribution in [0.3, 0.4) is 0 Å². The lowest BCUT2D eigenvalue weighted by Gasteiger charge is -2.29. The minimum Gasteiger partial charge on any atom is -0.353 e. The highest BCUT2D eigenvalue weighted by molar-refractivity contribution is 5.90. The van der Waals surface area contributed by atoms with E-state index in [0.29, 0.717) is 0 Å². The van der Waals surface area contributed by atoms with Crippen LogP contribution in [0.5, 0.6) is 0 Å². The van der Waals surface area contributed by atoms with Crippen molar-refractivity contribution in [2.75, 3.05) is 0 Å². The summed E-state index contributed by atoms with van der Waals surface area (Å²) in [6.07, 6.45) is -5.36. The molecule has 0 radical (unpaired) electrons. The third-order valence-corrected chi connectivity index (χ3v) is 1.39. The van der Waals surface area contributed by atoms with Gasteiger partial charge in [0.1, 0.15) is 0 Å². The highest BCUT2D eigenvalue weighted by Crippen LogP contribution is 2.34. The maximum Gasteiger partial charge on any atom is 0.451 e. The molecular weight excluding hydrogens is 189 g/mol. The average Bonchev–Trinajstić information content (AvgIpc) is 1.81. The number of halogens is 3. The number of carbonyl (C=O) groups excluding carboxylic acids is 1. The van der Waals surface area contributed by atoms with E-state index in [9.17, 15) is 18.0 Å². The van der Waals surface area contributed by atoms with Crippen molar-refractivity contribution in [3.63, 3.8) is 0 Å². The van der Waals surface area contributed by atoms with E-state index in [1.807, 2.05) is 0 Å². The zero-order valence-electron chi connectivity index (χ0n) is 7.44. The second-order valence-corrected chi connectivity index (χ2v) is 3.75. The molecular formula is C7H11F3O3. The van der Waals surface area contributed by atoms with Crippen LogP contribution in [0.1, 0.15) is 20.8 Å². The van der Waals surface area contributed by atoms with Gasteiger partial charge in [-0.25, -0.2) is 0 Å². The Morgan fingerprint density at radius 2 is 1.38 bits per heavy atom. The Balaban J connectivity index is 4.98. The molecule has 13 heavy (non-hydrogen) atoms. The van der Waals surface area contributed by atoms with E-state index in [4.69, 9.17) is 10.2 Å². The second-order valence-electron chi connectivity index (χ2n) is 3.75. The van der Waals surface area contributed by atoms with Crippen LogP contribution in [0, 0.1) is 5.41 Å². The van der Waals surface area contributed by atoms with E-state index in [1.165, 1.54) is 20.8 Å². The molecule has 0 unspecified atom stereocenters. The highest BCUT2D eigenvalue weighted by atomic mass is 19.4. The SMILES string of the molecule is CC(C)(C)C(=O)C(O)(O)C(F)(F)F. The lowest BCUT2D eigenvalue weighted by Crippen LogP contribution is -2.56. The predicted molar refractivity (Wildman–Crippen MR) is 37.7 cm³/mol. The smallest absolute Gasteiger partial charge is 0.353 e. The summed E-state index contributed by atoms with van der Waals surface area (Å²) in [7, 11) is 0. The van der Waals surface area contributed by atoms with E-state index in [2.05, 4.69) is 0 Å². The first-order chi connectivity index (χ1) is 5.40. The summed E-state index contributed by atoms with van der Waals surface area (Å²) < 4.78 is 35.7. The minimum atomic E-state index is -5.36. The number of rotatable bonds is 1. The van der Waals surface area contributed by atoms with Gasteiger partial charge in [0.15, 0.2) is 0 Å². The van der Waals surface area contributed by atoms with Crippen LogP contribution < -0.4 is 0 Å². The molecule has 0 heterocycles. The standard InChI is InChI=1S/C7H11F3O3/c1-5(2,3)4(11)6(12,13)7(8,9)10/h12-13H,1-3H3. The van der Waals surface area contributed by atoms with Crippen molar-refractivity contribution in [1.29, 1.82) is 0 Å². The number of hydrogen-bond acceptors (Lipinski definition) is 3. The molecule has 0 aromatic rings. The lowest BCUT2D eigenvalue weighted by atomic mass is 9.85. The minimum absolute atomic E-state index is 1.17. The van der Waals surface area contributed by atoms with Crippen molar-refractivity contribution in [3.8, 4) is 0 Å². The summed E-state index contributed by atoms with van der Waals surface area (Å²) in [4.78, 5) is 10.9. The van der Waals surface area contributed by atoms with Crippen LogP contribution >= 0.6 is 0 Å². The van der Waals surface area contributed by atoms with E-state index in [-0.39, 0.29) is 0 Å². The van der Waals surface area contributed by atoms with Gasteiger partial charge in [0, 0.05) is 5.41 Å². The van der Waals surface area contributed by atoms with Gasteiger partial charge in [-0.2, -0.15) is 13.2 Å². The van der Waals surface area contributed by atoms with Crippen LogP contribution in [0.15, 0.2) is 0 Å². The molecule has 0 amide bonds. The molecule has 2 N–H and O–H groups in total. The van der Waals surface area contributed by atoms with Gasteiger partial charge < -0.3 is 10.2 Å². The third-order valence-electron chi connectivity index (χ3n) is 1.39. The normalized spacial score (nSPS) is 14.5. The van der Waals surface area contributed by atoms with Gasteiger partial charge >= 0.3 is 12.0 Å². The molecule has 0 fully saturated rings. The van der Waals surface area contributed by atoms with E-state index < -0.39 is 23.2 Å². The number of aliphatic hydroxyl groups is 2. The van der Waals surface area contributed by atoms with Gasteiger partial charge in [-0.05, 0) is 0 Å². The molecule has 0 bridgehead atoms. The second kappa shape index (κ2) is 2.95. The van der Waals surface area contributed by atoms with Gasteiger partial charge in [0.05, 0.1) is 0 Å². The Morgan fingerprint density at radius 1 is 1.08 bits per heavy atom. The third kappa shape index (κ3) is 2.41. The van der Waals surface area contributed by atoms with Crippen LogP contribution in [0.2, 0.25) is 0 Å². The van der Waals surface area contributed by atoms with Gasteiger partial charge in [0.2, 0.25) is 5.78 Å². The first-order valence-corrected chi connectivity index (χ1v) is 3.47. The number of carbonyl (C=O) groups is 1. The van der Waals surface area contributed by atoms with E-state index >= 15 is 0 Å². The molecule has 0 aliphatic carbocycles. The van der Waals surface area contributed by atoms with Crippen molar-refractivity contribution in [1.82, 2.24) is 0 Å². The van der Waals surface area contributed by atoms with Gasteiger partial charge in [-0.1, -0.05) is 20.8 Å². The summed E-state index contributed by atoms with van der Waals surface area (Å²) in [5.74, 6) is -5.93. The van der Waals surface area contributed by atoms with Crippen molar-refractivity contribution in [2.24, 2.45) is 5.41 Å². The number of alkyl halides is 3. The maximum atomic E-state index is 11.9. The lowest BCUT2D eigenvalue weighted by molar-refractivity contribution is -0.330. The summed E-state index contributed by atoms with van der Waals surface area (Å²) in [6.45, 7) is 3.51. The number of Topliss-reactive ketones (excluding diaryl/α,β-unsaturated/α-hetero) is 1. The number of hydrogen-bond donors (Lipinski definition) is 2. The predicted octanol–water partition coefficient (Wildman–Crippen LogP) is 0.845. The van der Waals surface area contributed by atoms with Gasteiger partial charge in [0.25, 0.3) is 0 Å². The zero-order valence-corrected chi connectivity index (χ0v) is 7.44. The molecule has 0 saturated carbocycles.